The van der Waals surface area contributed by atoms with Gasteiger partial charge in [-0.3, -0.25) is 15.0 Å². The standard InChI is InChI=1S/C14H15N3O3S.H2S/c1-3-20-13(18)8-12-10-6-4-5-7-11(10)14(19)17(16-12)15-9(2)21;/h4-7H,3,8H2,1-2H3,(H,15,21);1H2. The van der Waals surface area contributed by atoms with Gasteiger partial charge in [-0.05, 0) is 19.9 Å². The van der Waals surface area contributed by atoms with E-state index in [9.17, 15) is 9.59 Å². The Kier molecular flexibility index (Phi) is 6.51. The van der Waals surface area contributed by atoms with Gasteiger partial charge in [0.15, 0.2) is 0 Å². The van der Waals surface area contributed by atoms with Crippen molar-refractivity contribution in [2.24, 2.45) is 0 Å². The van der Waals surface area contributed by atoms with Crippen LogP contribution in [0.4, 0.5) is 0 Å². The lowest BCUT2D eigenvalue weighted by Gasteiger charge is -2.11. The molecule has 6 nitrogen and oxygen atoms in total. The molecule has 0 saturated carbocycles. The Morgan fingerprint density at radius 1 is 1.36 bits per heavy atom. The molecule has 0 aliphatic heterocycles. The van der Waals surface area contributed by atoms with Crippen LogP contribution in [0.2, 0.25) is 0 Å². The maximum absolute atomic E-state index is 12.3. The smallest absolute Gasteiger partial charge is 0.311 e. The summed E-state index contributed by atoms with van der Waals surface area (Å²) >= 11 is 4.93. The first-order valence-corrected chi connectivity index (χ1v) is 6.88. The molecule has 1 heterocycles. The average Bonchev–Trinajstić information content (AvgIpc) is 2.44. The normalized spacial score (nSPS) is 9.91. The van der Waals surface area contributed by atoms with Crippen molar-refractivity contribution in [1.29, 1.82) is 0 Å². The van der Waals surface area contributed by atoms with Gasteiger partial charge in [0.2, 0.25) is 0 Å². The van der Waals surface area contributed by atoms with Crippen molar-refractivity contribution in [3.63, 3.8) is 0 Å². The van der Waals surface area contributed by atoms with E-state index in [1.165, 1.54) is 0 Å². The molecule has 0 unspecified atom stereocenters. The zero-order valence-electron chi connectivity index (χ0n) is 12.3. The SMILES string of the molecule is CCOC(=O)Cc1nn(NC(C)=S)c(=O)c2ccccc12.S. The molecule has 22 heavy (non-hydrogen) atoms. The van der Waals surface area contributed by atoms with Gasteiger partial charge in [-0.15, -0.1) is 4.79 Å². The highest BCUT2D eigenvalue weighted by Gasteiger charge is 2.14. The number of carbonyl (C=O) groups is 1. The van der Waals surface area contributed by atoms with Crippen molar-refractivity contribution in [2.45, 2.75) is 20.3 Å². The summed E-state index contributed by atoms with van der Waals surface area (Å²) in [5.74, 6) is -0.389. The van der Waals surface area contributed by atoms with Crippen molar-refractivity contribution in [3.8, 4) is 0 Å². The van der Waals surface area contributed by atoms with Gasteiger partial charge in [0, 0.05) is 5.39 Å². The number of carbonyl (C=O) groups excluding carboxylic acids is 1. The lowest BCUT2D eigenvalue weighted by molar-refractivity contribution is -0.142. The summed E-state index contributed by atoms with van der Waals surface area (Å²) in [5, 5.41) is 5.27. The summed E-state index contributed by atoms with van der Waals surface area (Å²) in [6, 6.07) is 6.99. The highest BCUT2D eigenvalue weighted by atomic mass is 32.1. The Morgan fingerprint density at radius 2 is 2.00 bits per heavy atom. The molecular weight excluding hydrogens is 322 g/mol. The van der Waals surface area contributed by atoms with Gasteiger partial charge in [0.05, 0.1) is 29.1 Å². The highest BCUT2D eigenvalue weighted by Crippen LogP contribution is 2.13. The second kappa shape index (κ2) is 7.90. The Labute approximate surface area is 139 Å². The van der Waals surface area contributed by atoms with Crippen molar-refractivity contribution in [1.82, 2.24) is 9.89 Å². The molecule has 118 valence electrons. The third-order valence-electron chi connectivity index (χ3n) is 2.76. The third kappa shape index (κ3) is 4.05. The summed E-state index contributed by atoms with van der Waals surface area (Å²) in [7, 11) is 0. The molecule has 8 heteroatoms. The van der Waals surface area contributed by atoms with Gasteiger partial charge >= 0.3 is 5.97 Å². The summed E-state index contributed by atoms with van der Waals surface area (Å²) in [5.41, 5.74) is 2.83. The van der Waals surface area contributed by atoms with E-state index in [1.54, 1.807) is 38.1 Å². The summed E-state index contributed by atoms with van der Waals surface area (Å²) in [6.45, 7) is 3.68. The third-order valence-corrected chi connectivity index (χ3v) is 2.85. The van der Waals surface area contributed by atoms with E-state index in [-0.39, 0.29) is 31.4 Å². The molecule has 0 atom stereocenters. The van der Waals surface area contributed by atoms with E-state index in [2.05, 4.69) is 10.5 Å². The Morgan fingerprint density at radius 3 is 2.59 bits per heavy atom. The van der Waals surface area contributed by atoms with Gasteiger partial charge in [-0.1, -0.05) is 30.4 Å². The van der Waals surface area contributed by atoms with Crippen LogP contribution < -0.4 is 11.0 Å². The van der Waals surface area contributed by atoms with Crippen LogP contribution in [0.3, 0.4) is 0 Å². The fourth-order valence-corrected chi connectivity index (χ4v) is 2.05. The molecular formula is C14H17N3O3S2. The van der Waals surface area contributed by atoms with Crippen LogP contribution in [-0.2, 0) is 16.0 Å². The van der Waals surface area contributed by atoms with Crippen LogP contribution in [0, 0.1) is 0 Å². The molecule has 0 fully saturated rings. The minimum absolute atomic E-state index is 0. The number of fused-ring (bicyclic) bond motifs is 1. The zero-order valence-corrected chi connectivity index (χ0v) is 14.1. The number of esters is 1. The van der Waals surface area contributed by atoms with Crippen LogP contribution >= 0.6 is 25.7 Å². The molecule has 0 aliphatic rings. The molecule has 0 amide bonds. The van der Waals surface area contributed by atoms with Gasteiger partial charge in [0.25, 0.3) is 5.56 Å². The van der Waals surface area contributed by atoms with E-state index in [0.717, 1.165) is 4.79 Å². The number of nitrogens with one attached hydrogen (secondary N) is 1. The van der Waals surface area contributed by atoms with Crippen LogP contribution in [0.15, 0.2) is 29.1 Å². The predicted octanol–water partition coefficient (Wildman–Crippen LogP) is 1.51. The Balaban J connectivity index is 0.00000242. The zero-order chi connectivity index (χ0) is 15.4. The molecule has 0 spiro atoms. The van der Waals surface area contributed by atoms with Gasteiger partial charge in [0.1, 0.15) is 0 Å². The van der Waals surface area contributed by atoms with Gasteiger partial charge in [-0.2, -0.15) is 18.6 Å². The van der Waals surface area contributed by atoms with Crippen molar-refractivity contribution in [3.05, 3.63) is 40.3 Å². The fourth-order valence-electron chi connectivity index (χ4n) is 1.96. The number of aromatic nitrogens is 2. The lowest BCUT2D eigenvalue weighted by atomic mass is 10.1. The molecule has 0 aliphatic carbocycles. The molecule has 2 rings (SSSR count). The molecule has 1 N–H and O–H groups in total. The maximum atomic E-state index is 12.3. The summed E-state index contributed by atoms with van der Waals surface area (Å²) in [6.07, 6.45) is -0.00715. The number of thiocarbonyl (C=S) groups is 1. The predicted molar refractivity (Wildman–Crippen MR) is 94.4 cm³/mol. The first-order valence-electron chi connectivity index (χ1n) is 6.47. The molecule has 1 aromatic carbocycles. The highest BCUT2D eigenvalue weighted by molar-refractivity contribution is 7.80. The first-order chi connectivity index (χ1) is 10.0. The minimum atomic E-state index is -0.389. The van der Waals surface area contributed by atoms with Crippen molar-refractivity contribution in [2.75, 3.05) is 12.0 Å². The first kappa shape index (κ1) is 18.1. The number of rotatable bonds is 4. The van der Waals surface area contributed by atoms with Crippen molar-refractivity contribution < 1.29 is 9.53 Å². The van der Waals surface area contributed by atoms with Gasteiger partial charge < -0.3 is 4.74 Å². The number of ether oxygens (including phenoxy) is 1. The largest absolute Gasteiger partial charge is 0.466 e. The quantitative estimate of drug-likeness (QED) is 0.672. The second-order valence-corrected chi connectivity index (χ2v) is 4.97. The maximum Gasteiger partial charge on any atom is 0.311 e. The number of hydrogen-bond donors (Lipinski definition) is 1. The van der Waals surface area contributed by atoms with E-state index in [0.29, 0.717) is 28.1 Å². The van der Waals surface area contributed by atoms with Crippen LogP contribution in [0.1, 0.15) is 19.5 Å². The minimum Gasteiger partial charge on any atom is -0.466 e. The van der Waals surface area contributed by atoms with Crippen LogP contribution in [0.25, 0.3) is 10.8 Å². The summed E-state index contributed by atoms with van der Waals surface area (Å²) in [4.78, 5) is 25.4. The van der Waals surface area contributed by atoms with E-state index < -0.39 is 0 Å². The monoisotopic (exact) mass is 339 g/mol. The van der Waals surface area contributed by atoms with E-state index in [1.807, 2.05) is 0 Å². The number of benzene rings is 1. The lowest BCUT2D eigenvalue weighted by Crippen LogP contribution is -2.34. The van der Waals surface area contributed by atoms with E-state index >= 15 is 0 Å². The molecule has 0 bridgehead atoms. The second-order valence-electron chi connectivity index (χ2n) is 4.36. The topological polar surface area (TPSA) is 73.2 Å². The molecule has 2 aromatic rings. The summed E-state index contributed by atoms with van der Waals surface area (Å²) < 4.78 is 4.93. The van der Waals surface area contributed by atoms with Crippen LogP contribution in [-0.4, -0.2) is 27.5 Å². The number of nitrogens with zero attached hydrogens (tertiary/aromatic N) is 2. The van der Waals surface area contributed by atoms with Crippen molar-refractivity contribution >= 4 is 47.4 Å². The van der Waals surface area contributed by atoms with Crippen LogP contribution in [0.5, 0.6) is 0 Å². The average molecular weight is 339 g/mol. The van der Waals surface area contributed by atoms with E-state index in [4.69, 9.17) is 17.0 Å². The Bertz CT molecular complexity index is 759. The fraction of sp³-hybridized carbons (Fsp3) is 0.286. The molecule has 0 saturated heterocycles. The number of hydrogen-bond acceptors (Lipinski definition) is 5. The van der Waals surface area contributed by atoms with Gasteiger partial charge in [-0.25, -0.2) is 0 Å². The Hall–Kier alpha value is -1.93. The molecule has 0 radical (unpaired) electrons. The molecule has 1 aromatic heterocycles.